The first kappa shape index (κ1) is 39.8. The van der Waals surface area contributed by atoms with Gasteiger partial charge in [-0.25, -0.2) is 5.48 Å². The molecule has 4 N–H and O–H groups in total. The van der Waals surface area contributed by atoms with Crippen molar-refractivity contribution in [1.29, 1.82) is 0 Å². The Bertz CT molecular complexity index is 1350. The van der Waals surface area contributed by atoms with Crippen LogP contribution in [0.1, 0.15) is 132 Å². The van der Waals surface area contributed by atoms with Gasteiger partial charge in [-0.15, -0.1) is 0 Å². The zero-order valence-electron chi connectivity index (χ0n) is 34.0. The van der Waals surface area contributed by atoms with Crippen LogP contribution in [-0.4, -0.2) is 70.2 Å². The Morgan fingerprint density at radius 2 is 1.71 bits per heavy atom. The molecule has 0 unspecified atom stereocenters. The molecule has 8 heteroatoms. The number of carbonyl (C=O) groups excluding carboxylic acids is 1. The van der Waals surface area contributed by atoms with Crippen molar-refractivity contribution < 1.29 is 18.7 Å². The number of carbonyl (C=O) groups is 1. The summed E-state index contributed by atoms with van der Waals surface area (Å²) in [5, 5.41) is 4.26. The minimum atomic E-state index is -2.35. The van der Waals surface area contributed by atoms with Gasteiger partial charge in [0.05, 0.1) is 18.6 Å². The van der Waals surface area contributed by atoms with Gasteiger partial charge in [0.15, 0.2) is 0 Å². The molecule has 5 fully saturated rings. The van der Waals surface area contributed by atoms with Gasteiger partial charge >= 0.3 is 0 Å². The van der Waals surface area contributed by atoms with Crippen molar-refractivity contribution in [3.63, 3.8) is 0 Å². The van der Waals surface area contributed by atoms with E-state index < -0.39 is 10.6 Å². The van der Waals surface area contributed by atoms with E-state index in [9.17, 15) is 13.9 Å². The Morgan fingerprint density at radius 1 is 1.00 bits per heavy atom. The number of rotatable bonds is 11. The van der Waals surface area contributed by atoms with Crippen LogP contribution < -0.4 is 10.8 Å². The van der Waals surface area contributed by atoms with Crippen LogP contribution in [0.25, 0.3) is 0 Å². The van der Waals surface area contributed by atoms with Gasteiger partial charge in [0.2, 0.25) is 5.91 Å². The third-order valence-electron chi connectivity index (χ3n) is 17.1. The first-order valence-corrected chi connectivity index (χ1v) is 22.5. The Hall–Kier alpha value is -0.900. The summed E-state index contributed by atoms with van der Waals surface area (Å²) in [5.41, 5.74) is 6.75. The molecule has 1 aliphatic heterocycles. The van der Waals surface area contributed by atoms with Crippen molar-refractivity contribution >= 4 is 16.5 Å². The standard InChI is InChI=1S/C43H75N3O4S/c1-30(2)32-15-20-43(44-23-24-46-25-27-51(48,49)28-26-46)22-21-41(8)33(37(32)43)11-12-35-40(7)18-14-31(13-17-38(3,4)29-36(47)45-50-10)39(5,6)34(40)16-19-42(35,41)9/h14,32-35,37,44,48-49H,1,11-13,15-29H2,2-10H3,(H,45,47)/t32-,33+,34-,35+,37+,40-,41+,42+,43-/m0/s1. The predicted octanol–water partition coefficient (Wildman–Crippen LogP) is 9.46. The molecule has 0 aromatic heterocycles. The minimum Gasteiger partial charge on any atom is -0.310 e. The van der Waals surface area contributed by atoms with E-state index in [4.69, 9.17) is 4.84 Å². The number of amides is 1. The molecule has 5 aliphatic carbocycles. The highest BCUT2D eigenvalue weighted by molar-refractivity contribution is 8.24. The normalized spacial score (nSPS) is 42.4. The SMILES string of the molecule is C=C(C)[C@@H]1CC[C@]2(NCCN3CCS(O)(O)CC3)CC[C@]3(C)[C@H](CC[C@@H]4[C@@]5(C)CC=C(CCC(C)(C)CC(=O)NOC)C(C)(C)[C@@H]5CC[C@]43C)[C@@H]12. The van der Waals surface area contributed by atoms with Crippen LogP contribution in [0.15, 0.2) is 23.8 Å². The fraction of sp³-hybridized carbons (Fsp3) is 0.884. The highest BCUT2D eigenvalue weighted by Crippen LogP contribution is 2.76. The summed E-state index contributed by atoms with van der Waals surface area (Å²) in [6, 6.07) is 0. The first-order chi connectivity index (χ1) is 23.7. The molecule has 4 saturated carbocycles. The van der Waals surface area contributed by atoms with E-state index in [0.29, 0.717) is 57.8 Å². The predicted molar refractivity (Wildman–Crippen MR) is 213 cm³/mol. The number of allylic oxidation sites excluding steroid dienone is 3. The molecule has 51 heavy (non-hydrogen) atoms. The van der Waals surface area contributed by atoms with Crippen LogP contribution in [0.5, 0.6) is 0 Å². The van der Waals surface area contributed by atoms with Crippen molar-refractivity contribution in [2.45, 2.75) is 138 Å². The third kappa shape index (κ3) is 6.96. The van der Waals surface area contributed by atoms with Gasteiger partial charge in [-0.05, 0) is 134 Å². The third-order valence-corrected chi connectivity index (χ3v) is 18.8. The number of hydroxylamine groups is 1. The molecule has 0 aromatic carbocycles. The lowest BCUT2D eigenvalue weighted by Gasteiger charge is -2.72. The molecule has 0 bridgehead atoms. The van der Waals surface area contributed by atoms with Crippen LogP contribution in [0.2, 0.25) is 0 Å². The molecule has 1 amide bonds. The molecule has 6 rings (SSSR count). The molecule has 0 radical (unpaired) electrons. The Kier molecular flexibility index (Phi) is 10.9. The number of hydrogen-bond donors (Lipinski definition) is 4. The highest BCUT2D eigenvalue weighted by atomic mass is 32.3. The number of hydrogen-bond acceptors (Lipinski definition) is 6. The molecule has 1 heterocycles. The van der Waals surface area contributed by atoms with Crippen LogP contribution in [0.4, 0.5) is 0 Å². The van der Waals surface area contributed by atoms with Crippen molar-refractivity contribution in [2.24, 2.45) is 56.7 Å². The molecular weight excluding hydrogens is 655 g/mol. The summed E-state index contributed by atoms with van der Waals surface area (Å²) < 4.78 is 20.3. The van der Waals surface area contributed by atoms with Crippen LogP contribution in [-0.2, 0) is 9.63 Å². The van der Waals surface area contributed by atoms with Gasteiger partial charge in [-0.3, -0.25) is 23.6 Å². The Balaban J connectivity index is 1.20. The van der Waals surface area contributed by atoms with E-state index in [-0.39, 0.29) is 22.3 Å². The van der Waals surface area contributed by atoms with Gasteiger partial charge < -0.3 is 5.32 Å². The molecule has 1 saturated heterocycles. The van der Waals surface area contributed by atoms with Crippen LogP contribution >= 0.6 is 10.6 Å². The Morgan fingerprint density at radius 3 is 2.37 bits per heavy atom. The molecule has 9 atom stereocenters. The summed E-state index contributed by atoms with van der Waals surface area (Å²) in [6.07, 6.45) is 16.9. The molecule has 7 nitrogen and oxygen atoms in total. The van der Waals surface area contributed by atoms with Crippen molar-refractivity contribution in [3.05, 3.63) is 23.8 Å². The van der Waals surface area contributed by atoms with Gasteiger partial charge in [0.25, 0.3) is 0 Å². The van der Waals surface area contributed by atoms with Crippen molar-refractivity contribution in [2.75, 3.05) is 44.8 Å². The van der Waals surface area contributed by atoms with E-state index in [1.165, 1.54) is 70.5 Å². The second-order valence-corrected chi connectivity index (χ2v) is 23.0. The smallest absolute Gasteiger partial charge is 0.244 e. The molecule has 292 valence electrons. The maximum absolute atomic E-state index is 12.3. The number of nitrogens with zero attached hydrogens (tertiary/aromatic N) is 1. The molecular formula is C43H75N3O4S. The summed E-state index contributed by atoms with van der Waals surface area (Å²) in [4.78, 5) is 19.7. The summed E-state index contributed by atoms with van der Waals surface area (Å²) in [7, 11) is -0.848. The van der Waals surface area contributed by atoms with Gasteiger partial charge in [-0.1, -0.05) is 72.3 Å². The maximum Gasteiger partial charge on any atom is 0.244 e. The number of fused-ring (bicyclic) bond motifs is 7. The second kappa shape index (κ2) is 14.0. The summed E-state index contributed by atoms with van der Waals surface area (Å²) in [5.74, 6) is 4.39. The van der Waals surface area contributed by atoms with Gasteiger partial charge in [0, 0.05) is 38.1 Å². The lowest BCUT2D eigenvalue weighted by atomic mass is 9.33. The lowest BCUT2D eigenvalue weighted by molar-refractivity contribution is -0.221. The second-order valence-electron chi connectivity index (χ2n) is 20.5. The topological polar surface area (TPSA) is 94.1 Å². The van der Waals surface area contributed by atoms with Crippen LogP contribution in [0, 0.1) is 56.7 Å². The van der Waals surface area contributed by atoms with Crippen molar-refractivity contribution in [3.8, 4) is 0 Å². The lowest BCUT2D eigenvalue weighted by Crippen LogP contribution is -2.68. The maximum atomic E-state index is 12.3. The molecule has 6 aliphatic rings. The zero-order valence-corrected chi connectivity index (χ0v) is 34.8. The fourth-order valence-corrected chi connectivity index (χ4v) is 15.4. The minimum absolute atomic E-state index is 0.0356. The van der Waals surface area contributed by atoms with Gasteiger partial charge in [-0.2, -0.15) is 10.6 Å². The molecule has 0 aromatic rings. The average Bonchev–Trinajstić information content (AvgIpc) is 3.41. The average molecular weight is 730 g/mol. The largest absolute Gasteiger partial charge is 0.310 e. The first-order valence-electron chi connectivity index (χ1n) is 20.6. The molecule has 0 spiro atoms. The monoisotopic (exact) mass is 730 g/mol. The van der Waals surface area contributed by atoms with E-state index in [1.54, 1.807) is 5.57 Å². The van der Waals surface area contributed by atoms with E-state index in [0.717, 1.165) is 44.9 Å². The quantitative estimate of drug-likeness (QED) is 0.125. The van der Waals surface area contributed by atoms with E-state index >= 15 is 0 Å². The highest BCUT2D eigenvalue weighted by Gasteiger charge is 2.70. The van der Waals surface area contributed by atoms with Crippen molar-refractivity contribution in [1.82, 2.24) is 15.7 Å². The summed E-state index contributed by atoms with van der Waals surface area (Å²) >= 11 is 0. The Labute approximate surface area is 313 Å². The van der Waals surface area contributed by atoms with E-state index in [1.807, 2.05) is 0 Å². The number of nitrogens with one attached hydrogen (secondary N) is 2. The van der Waals surface area contributed by atoms with Gasteiger partial charge in [0.1, 0.15) is 0 Å². The zero-order chi connectivity index (χ0) is 37.3. The van der Waals surface area contributed by atoms with Crippen LogP contribution in [0.3, 0.4) is 0 Å². The fourth-order valence-electron chi connectivity index (χ4n) is 14.1. The van der Waals surface area contributed by atoms with E-state index in [2.05, 4.69) is 83.7 Å². The summed E-state index contributed by atoms with van der Waals surface area (Å²) in [6.45, 7) is 28.2.